The number of carbonyl (C=O) groups excluding carboxylic acids is 1. The summed E-state index contributed by atoms with van der Waals surface area (Å²) in [6.45, 7) is 7.85. The highest BCUT2D eigenvalue weighted by Gasteiger charge is 2.03. The Bertz CT molecular complexity index is 497. The zero-order valence-electron chi connectivity index (χ0n) is 12.8. The number of hydrogen-bond donors (Lipinski definition) is 3. The lowest BCUT2D eigenvalue weighted by molar-refractivity contribution is 0.0963. The number of carbonyl (C=O) groups is 1. The maximum atomic E-state index is 11.6. The summed E-state index contributed by atoms with van der Waals surface area (Å²) in [5, 5.41) is 8.95. The number of nitrogens with zero attached hydrogens (tertiary/aromatic N) is 1. The van der Waals surface area contributed by atoms with Crippen LogP contribution in [0.4, 0.5) is 0 Å². The molecule has 1 aromatic rings. The molecule has 0 aliphatic rings. The number of amides is 1. The first-order valence-corrected chi connectivity index (χ1v) is 7.15. The van der Waals surface area contributed by atoms with Gasteiger partial charge in [-0.15, -0.1) is 6.58 Å². The molecule has 0 heterocycles. The molecule has 21 heavy (non-hydrogen) atoms. The Morgan fingerprint density at radius 3 is 2.86 bits per heavy atom. The van der Waals surface area contributed by atoms with Gasteiger partial charge in [0, 0.05) is 32.2 Å². The van der Waals surface area contributed by atoms with Crippen molar-refractivity contribution in [3.05, 3.63) is 48.0 Å². The number of nitrogens with one attached hydrogen (secondary N) is 3. The van der Waals surface area contributed by atoms with E-state index in [-0.39, 0.29) is 5.91 Å². The predicted molar refractivity (Wildman–Crippen MR) is 87.7 cm³/mol. The van der Waals surface area contributed by atoms with Crippen LogP contribution in [-0.4, -0.2) is 38.5 Å². The van der Waals surface area contributed by atoms with Crippen LogP contribution in [0.2, 0.25) is 0 Å². The molecule has 5 heteroatoms. The van der Waals surface area contributed by atoms with Crippen molar-refractivity contribution in [3.63, 3.8) is 0 Å². The van der Waals surface area contributed by atoms with Crippen LogP contribution in [0.5, 0.6) is 0 Å². The second kappa shape index (κ2) is 9.58. The molecule has 0 spiro atoms. The van der Waals surface area contributed by atoms with Crippen LogP contribution in [-0.2, 0) is 6.42 Å². The lowest BCUT2D eigenvalue weighted by Crippen LogP contribution is -2.37. The van der Waals surface area contributed by atoms with Gasteiger partial charge in [0.05, 0.1) is 0 Å². The first-order chi connectivity index (χ1) is 10.2. The number of guanidine groups is 1. The molecule has 0 aromatic heterocycles. The van der Waals surface area contributed by atoms with Crippen molar-refractivity contribution in [3.8, 4) is 0 Å². The fourth-order valence-corrected chi connectivity index (χ4v) is 1.82. The molecule has 0 aliphatic heterocycles. The number of aliphatic imine (C=N–C) groups is 1. The maximum Gasteiger partial charge on any atom is 0.251 e. The van der Waals surface area contributed by atoms with E-state index in [4.69, 9.17) is 0 Å². The van der Waals surface area contributed by atoms with E-state index in [0.717, 1.165) is 24.5 Å². The van der Waals surface area contributed by atoms with Crippen molar-refractivity contribution in [2.45, 2.75) is 13.3 Å². The summed E-state index contributed by atoms with van der Waals surface area (Å²) < 4.78 is 0. The highest BCUT2D eigenvalue weighted by molar-refractivity contribution is 5.94. The SMILES string of the molecule is C=CCNC(=NCCc1cccc(C(=O)NC)c1)NCC. The van der Waals surface area contributed by atoms with Crippen molar-refractivity contribution in [2.75, 3.05) is 26.7 Å². The Morgan fingerprint density at radius 2 is 2.19 bits per heavy atom. The summed E-state index contributed by atoms with van der Waals surface area (Å²) in [7, 11) is 1.63. The van der Waals surface area contributed by atoms with Gasteiger partial charge < -0.3 is 16.0 Å². The molecule has 114 valence electrons. The van der Waals surface area contributed by atoms with Crippen molar-refractivity contribution < 1.29 is 4.79 Å². The molecule has 0 fully saturated rings. The summed E-state index contributed by atoms with van der Waals surface area (Å²) >= 11 is 0. The third kappa shape index (κ3) is 6.12. The third-order valence-electron chi connectivity index (χ3n) is 2.84. The lowest BCUT2D eigenvalue weighted by Gasteiger charge is -2.09. The van der Waals surface area contributed by atoms with Crippen molar-refractivity contribution in [1.29, 1.82) is 0 Å². The van der Waals surface area contributed by atoms with E-state index in [2.05, 4.69) is 27.5 Å². The molecule has 0 saturated carbocycles. The van der Waals surface area contributed by atoms with E-state index < -0.39 is 0 Å². The van der Waals surface area contributed by atoms with Gasteiger partial charge >= 0.3 is 0 Å². The average Bonchev–Trinajstić information content (AvgIpc) is 2.52. The topological polar surface area (TPSA) is 65.5 Å². The monoisotopic (exact) mass is 288 g/mol. The summed E-state index contributed by atoms with van der Waals surface area (Å²) in [6, 6.07) is 7.61. The van der Waals surface area contributed by atoms with Gasteiger partial charge in [-0.25, -0.2) is 0 Å². The molecule has 0 unspecified atom stereocenters. The summed E-state index contributed by atoms with van der Waals surface area (Å²) in [5.41, 5.74) is 1.77. The van der Waals surface area contributed by atoms with E-state index >= 15 is 0 Å². The quantitative estimate of drug-likeness (QED) is 0.403. The average molecular weight is 288 g/mol. The second-order valence-electron chi connectivity index (χ2n) is 4.46. The van der Waals surface area contributed by atoms with Crippen LogP contribution in [0.1, 0.15) is 22.8 Å². The minimum atomic E-state index is -0.0682. The number of rotatable bonds is 7. The fraction of sp³-hybridized carbons (Fsp3) is 0.375. The first-order valence-electron chi connectivity index (χ1n) is 7.15. The second-order valence-corrected chi connectivity index (χ2v) is 4.46. The summed E-state index contributed by atoms with van der Waals surface area (Å²) in [6.07, 6.45) is 2.58. The Morgan fingerprint density at radius 1 is 1.38 bits per heavy atom. The van der Waals surface area contributed by atoms with Crippen molar-refractivity contribution in [2.24, 2.45) is 4.99 Å². The van der Waals surface area contributed by atoms with Crippen molar-refractivity contribution >= 4 is 11.9 Å². The van der Waals surface area contributed by atoms with E-state index in [0.29, 0.717) is 18.7 Å². The molecule has 0 radical (unpaired) electrons. The van der Waals surface area contributed by atoms with E-state index in [1.54, 1.807) is 19.2 Å². The minimum Gasteiger partial charge on any atom is -0.357 e. The van der Waals surface area contributed by atoms with Crippen LogP contribution < -0.4 is 16.0 Å². The molecule has 5 nitrogen and oxygen atoms in total. The van der Waals surface area contributed by atoms with Gasteiger partial charge in [-0.1, -0.05) is 18.2 Å². The molecule has 1 aromatic carbocycles. The standard InChI is InChI=1S/C16H24N4O/c1-4-10-19-16(18-5-2)20-11-9-13-7-6-8-14(12-13)15(21)17-3/h4,6-8,12H,1,5,9-11H2,2-3H3,(H,17,21)(H2,18,19,20). The van der Waals surface area contributed by atoms with Crippen LogP contribution in [0, 0.1) is 0 Å². The van der Waals surface area contributed by atoms with Crippen LogP contribution in [0.15, 0.2) is 41.9 Å². The highest BCUT2D eigenvalue weighted by Crippen LogP contribution is 2.06. The predicted octanol–water partition coefficient (Wildman–Crippen LogP) is 1.33. The minimum absolute atomic E-state index is 0.0682. The Labute approximate surface area is 126 Å². The molecular weight excluding hydrogens is 264 g/mol. The lowest BCUT2D eigenvalue weighted by atomic mass is 10.1. The van der Waals surface area contributed by atoms with Crippen molar-refractivity contribution in [1.82, 2.24) is 16.0 Å². The van der Waals surface area contributed by atoms with Gasteiger partial charge in [-0.3, -0.25) is 9.79 Å². The van der Waals surface area contributed by atoms with Gasteiger partial charge in [0.15, 0.2) is 5.96 Å². The number of hydrogen-bond acceptors (Lipinski definition) is 2. The van der Waals surface area contributed by atoms with Gasteiger partial charge in [0.2, 0.25) is 0 Å². The van der Waals surface area contributed by atoms with E-state index in [1.165, 1.54) is 0 Å². The Kier molecular flexibility index (Phi) is 7.64. The molecule has 1 amide bonds. The molecule has 0 atom stereocenters. The number of benzene rings is 1. The first kappa shape index (κ1) is 16.8. The molecular formula is C16H24N4O. The van der Waals surface area contributed by atoms with Crippen LogP contribution in [0.25, 0.3) is 0 Å². The zero-order valence-corrected chi connectivity index (χ0v) is 12.8. The Balaban J connectivity index is 2.60. The smallest absolute Gasteiger partial charge is 0.251 e. The van der Waals surface area contributed by atoms with Gasteiger partial charge in [0.25, 0.3) is 5.91 Å². The van der Waals surface area contributed by atoms with Crippen LogP contribution >= 0.6 is 0 Å². The normalized spacial score (nSPS) is 10.9. The molecule has 0 bridgehead atoms. The maximum absolute atomic E-state index is 11.6. The Hall–Kier alpha value is -2.30. The summed E-state index contributed by atoms with van der Waals surface area (Å²) in [4.78, 5) is 16.1. The fourth-order valence-electron chi connectivity index (χ4n) is 1.82. The molecule has 0 saturated heterocycles. The van der Waals surface area contributed by atoms with E-state index in [1.807, 2.05) is 25.1 Å². The molecule has 3 N–H and O–H groups in total. The van der Waals surface area contributed by atoms with Gasteiger partial charge in [-0.2, -0.15) is 0 Å². The summed E-state index contributed by atoms with van der Waals surface area (Å²) in [5.74, 6) is 0.709. The third-order valence-corrected chi connectivity index (χ3v) is 2.84. The van der Waals surface area contributed by atoms with Gasteiger partial charge in [-0.05, 0) is 31.0 Å². The zero-order chi connectivity index (χ0) is 15.5. The van der Waals surface area contributed by atoms with Crippen LogP contribution in [0.3, 0.4) is 0 Å². The highest BCUT2D eigenvalue weighted by atomic mass is 16.1. The van der Waals surface area contributed by atoms with E-state index in [9.17, 15) is 4.79 Å². The molecule has 1 rings (SSSR count). The largest absolute Gasteiger partial charge is 0.357 e. The van der Waals surface area contributed by atoms with Gasteiger partial charge in [0.1, 0.15) is 0 Å². The molecule has 0 aliphatic carbocycles.